The predicted molar refractivity (Wildman–Crippen MR) is 141 cm³/mol. The number of hydrogen-bond donors (Lipinski definition) is 2. The zero-order valence-electron chi connectivity index (χ0n) is 20.0. The van der Waals surface area contributed by atoms with Crippen LogP contribution in [0.5, 0.6) is 0 Å². The molecule has 6 rings (SSSR count). The first-order chi connectivity index (χ1) is 17.2. The van der Waals surface area contributed by atoms with E-state index >= 15 is 0 Å². The highest BCUT2D eigenvalue weighted by Gasteiger charge is 2.30. The van der Waals surface area contributed by atoms with Crippen LogP contribution in [0.15, 0.2) is 66.9 Å². The van der Waals surface area contributed by atoms with Crippen molar-refractivity contribution in [2.45, 2.75) is 31.5 Å². The zero-order chi connectivity index (χ0) is 23.9. The van der Waals surface area contributed by atoms with Gasteiger partial charge in [-0.05, 0) is 65.6 Å². The molecule has 2 heterocycles. The highest BCUT2D eigenvalue weighted by molar-refractivity contribution is 5.94. The lowest BCUT2D eigenvalue weighted by molar-refractivity contribution is 0.155. The first-order valence-corrected chi connectivity index (χ1v) is 12.5. The number of benzene rings is 3. The summed E-state index contributed by atoms with van der Waals surface area (Å²) >= 11 is 0. The van der Waals surface area contributed by atoms with Gasteiger partial charge in [-0.3, -0.25) is 4.90 Å². The minimum absolute atomic E-state index is 0.428. The van der Waals surface area contributed by atoms with Gasteiger partial charge in [0.05, 0.1) is 17.7 Å². The maximum Gasteiger partial charge on any atom is 0.0991 e. The van der Waals surface area contributed by atoms with E-state index in [0.29, 0.717) is 24.7 Å². The number of aromatic nitrogens is 1. The number of likely N-dealkylation sites (N-methyl/N-ethyl adjacent to an activating group) is 1. The standard InChI is InChI=1S/C30H30N4O/c1-32-17-24(35)18-34-19-27(26-14-20(16-31)8-9-28(26)34)21-10-12-33(13-11-21)29-15-23-6-2-4-22-5-3-7-25(29)30(22)23/h2-10,14,19,24,29,32,35H,11-13,15,17-18H2,1H3/t24-,29?/m1/s1. The number of nitrogens with zero attached hydrogens (tertiary/aromatic N) is 3. The van der Waals surface area contributed by atoms with E-state index in [1.807, 2.05) is 25.2 Å². The molecule has 0 fully saturated rings. The number of hydrogen-bond acceptors (Lipinski definition) is 4. The van der Waals surface area contributed by atoms with E-state index < -0.39 is 6.10 Å². The van der Waals surface area contributed by atoms with Crippen LogP contribution in [-0.2, 0) is 13.0 Å². The van der Waals surface area contributed by atoms with E-state index in [1.165, 1.54) is 33.0 Å². The van der Waals surface area contributed by atoms with Crippen LogP contribution in [0.4, 0.5) is 0 Å². The molecule has 0 amide bonds. The van der Waals surface area contributed by atoms with Crippen molar-refractivity contribution in [3.8, 4) is 6.07 Å². The lowest BCUT2D eigenvalue weighted by Gasteiger charge is -2.32. The van der Waals surface area contributed by atoms with Gasteiger partial charge < -0.3 is 15.0 Å². The monoisotopic (exact) mass is 462 g/mol. The Labute approximate surface area is 205 Å². The van der Waals surface area contributed by atoms with Crippen molar-refractivity contribution >= 4 is 27.2 Å². The fourth-order valence-electron chi connectivity index (χ4n) is 6.05. The molecule has 0 saturated heterocycles. The summed E-state index contributed by atoms with van der Waals surface area (Å²) < 4.78 is 2.13. The molecule has 1 aliphatic carbocycles. The fourth-order valence-corrected chi connectivity index (χ4v) is 6.05. The highest BCUT2D eigenvalue weighted by Crippen LogP contribution is 2.42. The van der Waals surface area contributed by atoms with Crippen LogP contribution in [0.2, 0.25) is 0 Å². The first kappa shape index (κ1) is 22.1. The third kappa shape index (κ3) is 3.84. The molecule has 3 aromatic carbocycles. The minimum Gasteiger partial charge on any atom is -0.390 e. The quantitative estimate of drug-likeness (QED) is 0.438. The third-order valence-electron chi connectivity index (χ3n) is 7.68. The Kier molecular flexibility index (Phi) is 5.66. The molecule has 0 spiro atoms. The molecule has 5 nitrogen and oxygen atoms in total. The van der Waals surface area contributed by atoms with Gasteiger partial charge in [0, 0.05) is 54.9 Å². The first-order valence-electron chi connectivity index (χ1n) is 12.5. The topological polar surface area (TPSA) is 64.2 Å². The normalized spacial score (nSPS) is 18.7. The Hall–Kier alpha value is -3.43. The molecule has 0 bridgehead atoms. The van der Waals surface area contributed by atoms with Crippen molar-refractivity contribution in [3.63, 3.8) is 0 Å². The molecule has 35 heavy (non-hydrogen) atoms. The van der Waals surface area contributed by atoms with Crippen molar-refractivity contribution in [3.05, 3.63) is 89.1 Å². The van der Waals surface area contributed by atoms with Crippen LogP contribution in [0.3, 0.4) is 0 Å². The van der Waals surface area contributed by atoms with Gasteiger partial charge >= 0.3 is 0 Å². The van der Waals surface area contributed by atoms with E-state index in [-0.39, 0.29) is 0 Å². The molecule has 2 aliphatic rings. The van der Waals surface area contributed by atoms with Gasteiger partial charge in [0.25, 0.3) is 0 Å². The molecule has 2 N–H and O–H groups in total. The van der Waals surface area contributed by atoms with Crippen molar-refractivity contribution in [2.75, 3.05) is 26.7 Å². The number of nitriles is 1. The summed E-state index contributed by atoms with van der Waals surface area (Å²) in [6.45, 7) is 2.98. The average molecular weight is 463 g/mol. The molecule has 5 heteroatoms. The maximum absolute atomic E-state index is 10.4. The molecule has 1 aliphatic heterocycles. The second-order valence-electron chi connectivity index (χ2n) is 9.81. The fraction of sp³-hybridized carbons (Fsp3) is 0.300. The number of aliphatic hydroxyl groups is 1. The summed E-state index contributed by atoms with van der Waals surface area (Å²) in [6, 6.07) is 22.0. The molecule has 0 saturated carbocycles. The lowest BCUT2D eigenvalue weighted by atomic mass is 9.96. The second kappa shape index (κ2) is 8.98. The number of rotatable bonds is 6. The lowest BCUT2D eigenvalue weighted by Crippen LogP contribution is -2.32. The minimum atomic E-state index is -0.471. The largest absolute Gasteiger partial charge is 0.390 e. The molecular formula is C30H30N4O. The van der Waals surface area contributed by atoms with Crippen LogP contribution >= 0.6 is 0 Å². The molecule has 1 aromatic heterocycles. The van der Waals surface area contributed by atoms with Crippen LogP contribution in [0.1, 0.15) is 34.7 Å². The van der Waals surface area contributed by atoms with E-state index in [4.69, 9.17) is 0 Å². The number of nitrogens with one attached hydrogen (secondary N) is 1. The summed E-state index contributed by atoms with van der Waals surface area (Å²) in [5.74, 6) is 0. The molecule has 0 radical (unpaired) electrons. The number of aliphatic hydroxyl groups excluding tert-OH is 1. The summed E-state index contributed by atoms with van der Waals surface area (Å²) in [5.41, 5.74) is 7.17. The van der Waals surface area contributed by atoms with Gasteiger partial charge in [-0.2, -0.15) is 5.26 Å². The summed E-state index contributed by atoms with van der Waals surface area (Å²) in [7, 11) is 1.85. The molecule has 1 unspecified atom stereocenters. The van der Waals surface area contributed by atoms with Gasteiger partial charge in [-0.1, -0.05) is 42.5 Å². The van der Waals surface area contributed by atoms with Gasteiger partial charge in [-0.25, -0.2) is 0 Å². The average Bonchev–Trinajstić information content (AvgIpc) is 3.44. The molecule has 2 atom stereocenters. The predicted octanol–water partition coefficient (Wildman–Crippen LogP) is 4.63. The highest BCUT2D eigenvalue weighted by atomic mass is 16.3. The van der Waals surface area contributed by atoms with Crippen LogP contribution in [0.25, 0.3) is 27.2 Å². The van der Waals surface area contributed by atoms with Crippen molar-refractivity contribution < 1.29 is 5.11 Å². The Morgan fingerprint density at radius 1 is 1.17 bits per heavy atom. The molecule has 176 valence electrons. The van der Waals surface area contributed by atoms with E-state index in [9.17, 15) is 10.4 Å². The van der Waals surface area contributed by atoms with Gasteiger partial charge in [0.1, 0.15) is 0 Å². The van der Waals surface area contributed by atoms with Crippen LogP contribution < -0.4 is 5.32 Å². The van der Waals surface area contributed by atoms with Crippen molar-refractivity contribution in [1.82, 2.24) is 14.8 Å². The summed E-state index contributed by atoms with van der Waals surface area (Å²) in [6.07, 6.45) is 6.11. The van der Waals surface area contributed by atoms with E-state index in [0.717, 1.165) is 36.8 Å². The van der Waals surface area contributed by atoms with Crippen LogP contribution in [0, 0.1) is 11.3 Å². The van der Waals surface area contributed by atoms with Crippen molar-refractivity contribution in [2.24, 2.45) is 0 Å². The number of fused-ring (bicyclic) bond motifs is 1. The van der Waals surface area contributed by atoms with Crippen molar-refractivity contribution in [1.29, 1.82) is 5.26 Å². The molecular weight excluding hydrogens is 432 g/mol. The summed E-state index contributed by atoms with van der Waals surface area (Å²) in [5, 5.41) is 26.8. The Balaban J connectivity index is 1.31. The second-order valence-corrected chi connectivity index (χ2v) is 9.81. The SMILES string of the molecule is CNC[C@@H](O)Cn1cc(C2=CCN(C3Cc4cccc5cccc3c45)CC2)c2cc(C#N)ccc21. The van der Waals surface area contributed by atoms with Gasteiger partial charge in [0.2, 0.25) is 0 Å². The molecule has 4 aromatic rings. The smallest absolute Gasteiger partial charge is 0.0991 e. The zero-order valence-corrected chi connectivity index (χ0v) is 20.0. The van der Waals surface area contributed by atoms with Gasteiger partial charge in [0.15, 0.2) is 0 Å². The Bertz CT molecular complexity index is 1490. The van der Waals surface area contributed by atoms with E-state index in [1.54, 1.807) is 0 Å². The maximum atomic E-state index is 10.4. The summed E-state index contributed by atoms with van der Waals surface area (Å²) in [4.78, 5) is 2.61. The van der Waals surface area contributed by atoms with Crippen LogP contribution in [-0.4, -0.2) is 47.4 Å². The third-order valence-corrected chi connectivity index (χ3v) is 7.68. The van der Waals surface area contributed by atoms with E-state index in [2.05, 4.69) is 69.5 Å². The van der Waals surface area contributed by atoms with Gasteiger partial charge in [-0.15, -0.1) is 0 Å². The Morgan fingerprint density at radius 2 is 2.03 bits per heavy atom. The Morgan fingerprint density at radius 3 is 2.80 bits per heavy atom.